The zero-order chi connectivity index (χ0) is 18.2. The second kappa shape index (κ2) is 6.75. The van der Waals surface area contributed by atoms with Crippen LogP contribution in [0, 0.1) is 0 Å². The molecule has 1 aliphatic rings. The summed E-state index contributed by atoms with van der Waals surface area (Å²) < 4.78 is 11.4. The van der Waals surface area contributed by atoms with Crippen molar-refractivity contribution < 1.29 is 13.9 Å². The van der Waals surface area contributed by atoms with E-state index in [-0.39, 0.29) is 12.1 Å². The summed E-state index contributed by atoms with van der Waals surface area (Å²) in [6, 6.07) is 6.06. The van der Waals surface area contributed by atoms with Gasteiger partial charge in [-0.15, -0.1) is 0 Å². The summed E-state index contributed by atoms with van der Waals surface area (Å²) in [5, 5.41) is 0.632. The van der Waals surface area contributed by atoms with Gasteiger partial charge in [0.15, 0.2) is 5.58 Å². The number of nitrogens with zero attached hydrogens (tertiary/aromatic N) is 3. The standard InChI is InChI=1S/C18H24ClN3O3/c1-12-7-8-21(9-10-22(12)17(23)25-18(2,3)4)16-20-14-11-13(19)5-6-15(14)24-16/h5-6,11-12H,7-10H2,1-4H3. The monoisotopic (exact) mass is 365 g/mol. The molecule has 7 heteroatoms. The molecule has 2 heterocycles. The smallest absolute Gasteiger partial charge is 0.410 e. The Balaban J connectivity index is 1.74. The lowest BCUT2D eigenvalue weighted by atomic mass is 10.2. The lowest BCUT2D eigenvalue weighted by Crippen LogP contribution is -2.43. The number of halogens is 1. The quantitative estimate of drug-likeness (QED) is 0.753. The van der Waals surface area contributed by atoms with Gasteiger partial charge in [-0.1, -0.05) is 11.6 Å². The first-order valence-corrected chi connectivity index (χ1v) is 8.91. The summed E-state index contributed by atoms with van der Waals surface area (Å²) >= 11 is 6.01. The van der Waals surface area contributed by atoms with E-state index in [0.717, 1.165) is 18.5 Å². The average molecular weight is 366 g/mol. The first-order valence-electron chi connectivity index (χ1n) is 8.53. The minimum absolute atomic E-state index is 0.0960. The summed E-state index contributed by atoms with van der Waals surface area (Å²) in [6.45, 7) is 9.65. The van der Waals surface area contributed by atoms with E-state index in [1.807, 2.05) is 33.8 Å². The maximum absolute atomic E-state index is 12.4. The highest BCUT2D eigenvalue weighted by molar-refractivity contribution is 6.31. The molecule has 25 heavy (non-hydrogen) atoms. The number of oxazole rings is 1. The van der Waals surface area contributed by atoms with Gasteiger partial charge >= 0.3 is 6.09 Å². The molecule has 2 aromatic rings. The summed E-state index contributed by atoms with van der Waals surface area (Å²) in [5.74, 6) is 0. The molecule has 1 amide bonds. The fourth-order valence-corrected chi connectivity index (χ4v) is 3.03. The third-order valence-corrected chi connectivity index (χ3v) is 4.43. The van der Waals surface area contributed by atoms with Crippen LogP contribution in [0.15, 0.2) is 22.6 Å². The van der Waals surface area contributed by atoms with E-state index in [4.69, 9.17) is 20.8 Å². The van der Waals surface area contributed by atoms with E-state index < -0.39 is 5.60 Å². The topological polar surface area (TPSA) is 58.8 Å². The maximum atomic E-state index is 12.4. The molecule has 0 N–H and O–H groups in total. The molecule has 1 fully saturated rings. The van der Waals surface area contributed by atoms with Gasteiger partial charge in [-0.25, -0.2) is 4.79 Å². The molecule has 1 unspecified atom stereocenters. The van der Waals surface area contributed by atoms with Crippen molar-refractivity contribution >= 4 is 34.8 Å². The first kappa shape index (κ1) is 17.9. The molecule has 1 atom stereocenters. The number of aromatic nitrogens is 1. The van der Waals surface area contributed by atoms with Crippen LogP contribution < -0.4 is 4.90 Å². The van der Waals surface area contributed by atoms with Crippen LogP contribution in [0.4, 0.5) is 10.8 Å². The Labute approximate surface area is 152 Å². The van der Waals surface area contributed by atoms with Crippen molar-refractivity contribution in [2.24, 2.45) is 0 Å². The first-order chi connectivity index (χ1) is 11.7. The van der Waals surface area contributed by atoms with Gasteiger partial charge in [-0.2, -0.15) is 4.98 Å². The van der Waals surface area contributed by atoms with Gasteiger partial charge in [0.25, 0.3) is 6.01 Å². The largest absolute Gasteiger partial charge is 0.444 e. The molecule has 0 spiro atoms. The summed E-state index contributed by atoms with van der Waals surface area (Å²) in [7, 11) is 0. The van der Waals surface area contributed by atoms with Crippen molar-refractivity contribution in [3.63, 3.8) is 0 Å². The average Bonchev–Trinajstić information content (AvgIpc) is 2.81. The molecule has 0 bridgehead atoms. The third-order valence-electron chi connectivity index (χ3n) is 4.20. The molecule has 1 aliphatic heterocycles. The van der Waals surface area contributed by atoms with Crippen molar-refractivity contribution in [2.45, 2.75) is 45.8 Å². The number of carbonyl (C=O) groups excluding carboxylic acids is 1. The Hall–Kier alpha value is -1.95. The Morgan fingerprint density at radius 1 is 1.32 bits per heavy atom. The summed E-state index contributed by atoms with van der Waals surface area (Å²) in [6.07, 6.45) is 0.546. The highest BCUT2D eigenvalue weighted by atomic mass is 35.5. The van der Waals surface area contributed by atoms with Crippen LogP contribution in [-0.2, 0) is 4.74 Å². The number of anilines is 1. The lowest BCUT2D eigenvalue weighted by molar-refractivity contribution is 0.0191. The SMILES string of the molecule is CC1CCN(c2nc3cc(Cl)ccc3o2)CCN1C(=O)OC(C)(C)C. The fourth-order valence-electron chi connectivity index (χ4n) is 2.87. The minimum atomic E-state index is -0.498. The molecule has 136 valence electrons. The molecule has 1 aromatic carbocycles. The Morgan fingerprint density at radius 3 is 2.80 bits per heavy atom. The molecule has 0 radical (unpaired) electrons. The molecule has 3 rings (SSSR count). The second-order valence-corrected chi connectivity index (χ2v) is 7.84. The third kappa shape index (κ3) is 4.18. The van der Waals surface area contributed by atoms with E-state index in [0.29, 0.717) is 29.7 Å². The molecular weight excluding hydrogens is 342 g/mol. The number of amides is 1. The molecule has 0 saturated carbocycles. The molecular formula is C18H24ClN3O3. The maximum Gasteiger partial charge on any atom is 0.410 e. The van der Waals surface area contributed by atoms with Gasteiger partial charge in [-0.05, 0) is 52.3 Å². The van der Waals surface area contributed by atoms with Crippen molar-refractivity contribution in [1.82, 2.24) is 9.88 Å². The number of fused-ring (bicyclic) bond motifs is 1. The molecule has 1 saturated heterocycles. The van der Waals surface area contributed by atoms with Gasteiger partial charge in [0.2, 0.25) is 0 Å². The van der Waals surface area contributed by atoms with E-state index in [2.05, 4.69) is 9.88 Å². The number of benzene rings is 1. The molecule has 1 aromatic heterocycles. The van der Waals surface area contributed by atoms with Crippen molar-refractivity contribution in [3.05, 3.63) is 23.2 Å². The zero-order valence-corrected chi connectivity index (χ0v) is 15.8. The normalized spacial score (nSPS) is 19.2. The number of carbonyl (C=O) groups is 1. The van der Waals surface area contributed by atoms with Crippen molar-refractivity contribution in [3.8, 4) is 0 Å². The molecule has 0 aliphatic carbocycles. The van der Waals surface area contributed by atoms with Crippen LogP contribution in [0.25, 0.3) is 11.1 Å². The van der Waals surface area contributed by atoms with Gasteiger partial charge in [0.1, 0.15) is 11.1 Å². The van der Waals surface area contributed by atoms with E-state index in [9.17, 15) is 4.79 Å². The second-order valence-electron chi connectivity index (χ2n) is 7.41. The van der Waals surface area contributed by atoms with Crippen LogP contribution in [0.5, 0.6) is 0 Å². The van der Waals surface area contributed by atoms with Crippen LogP contribution in [-0.4, -0.2) is 47.3 Å². The number of rotatable bonds is 1. The Bertz CT molecular complexity index is 769. The van der Waals surface area contributed by atoms with E-state index in [1.165, 1.54) is 0 Å². The van der Waals surface area contributed by atoms with Gasteiger partial charge in [0.05, 0.1) is 0 Å². The predicted octanol–water partition coefficient (Wildman–Crippen LogP) is 4.32. The highest BCUT2D eigenvalue weighted by Gasteiger charge is 2.30. The van der Waals surface area contributed by atoms with Crippen molar-refractivity contribution in [2.75, 3.05) is 24.5 Å². The van der Waals surface area contributed by atoms with Crippen molar-refractivity contribution in [1.29, 1.82) is 0 Å². The number of ether oxygens (including phenoxy) is 1. The zero-order valence-electron chi connectivity index (χ0n) is 15.1. The fraction of sp³-hybridized carbons (Fsp3) is 0.556. The van der Waals surface area contributed by atoms with Gasteiger partial charge in [-0.3, -0.25) is 0 Å². The Kier molecular flexibility index (Phi) is 4.82. The minimum Gasteiger partial charge on any atom is -0.444 e. The van der Waals surface area contributed by atoms with Crippen LogP contribution in [0.2, 0.25) is 5.02 Å². The predicted molar refractivity (Wildman–Crippen MR) is 98.3 cm³/mol. The van der Waals surface area contributed by atoms with Gasteiger partial charge < -0.3 is 19.0 Å². The van der Waals surface area contributed by atoms with Crippen LogP contribution in [0.3, 0.4) is 0 Å². The summed E-state index contributed by atoms with van der Waals surface area (Å²) in [5.41, 5.74) is 0.951. The number of hydrogen-bond acceptors (Lipinski definition) is 5. The van der Waals surface area contributed by atoms with E-state index in [1.54, 1.807) is 17.0 Å². The lowest BCUT2D eigenvalue weighted by Gasteiger charge is -2.30. The van der Waals surface area contributed by atoms with Crippen LogP contribution in [0.1, 0.15) is 34.1 Å². The van der Waals surface area contributed by atoms with E-state index >= 15 is 0 Å². The van der Waals surface area contributed by atoms with Crippen LogP contribution >= 0.6 is 11.6 Å². The number of hydrogen-bond donors (Lipinski definition) is 0. The molecule has 6 nitrogen and oxygen atoms in total. The highest BCUT2D eigenvalue weighted by Crippen LogP contribution is 2.26. The Morgan fingerprint density at radius 2 is 2.08 bits per heavy atom. The summed E-state index contributed by atoms with van der Waals surface area (Å²) in [4.78, 5) is 20.8. The van der Waals surface area contributed by atoms with Gasteiger partial charge in [0, 0.05) is 30.7 Å².